The standard InChI is InChI=1S/C25H20ClNO/c1-18-24(26)13-6-14-25(18)27-16-19-7-4-11-22(15-19)28-17-21-10-5-9-20-8-2-3-12-23(20)21/h2-16H,17H2,1H3. The molecule has 0 fully saturated rings. The van der Waals surface area contributed by atoms with E-state index >= 15 is 0 Å². The fourth-order valence-corrected chi connectivity index (χ4v) is 3.31. The Hall–Kier alpha value is -3.10. The summed E-state index contributed by atoms with van der Waals surface area (Å²) in [6.45, 7) is 2.49. The normalized spacial score (nSPS) is 11.2. The second-order valence-corrected chi connectivity index (χ2v) is 7.05. The van der Waals surface area contributed by atoms with Gasteiger partial charge in [0.1, 0.15) is 12.4 Å². The summed E-state index contributed by atoms with van der Waals surface area (Å²) in [6, 6.07) is 28.3. The minimum atomic E-state index is 0.523. The van der Waals surface area contributed by atoms with Gasteiger partial charge in [-0.2, -0.15) is 0 Å². The van der Waals surface area contributed by atoms with Gasteiger partial charge in [-0.25, -0.2) is 0 Å². The van der Waals surface area contributed by atoms with Gasteiger partial charge in [0.2, 0.25) is 0 Å². The number of benzene rings is 4. The van der Waals surface area contributed by atoms with Gasteiger partial charge in [-0.05, 0) is 58.7 Å². The Labute approximate surface area is 170 Å². The highest BCUT2D eigenvalue weighted by Gasteiger charge is 2.03. The van der Waals surface area contributed by atoms with Crippen LogP contribution in [0.25, 0.3) is 10.8 Å². The van der Waals surface area contributed by atoms with Crippen molar-refractivity contribution in [2.45, 2.75) is 13.5 Å². The smallest absolute Gasteiger partial charge is 0.120 e. The van der Waals surface area contributed by atoms with Crippen molar-refractivity contribution in [3.8, 4) is 5.75 Å². The monoisotopic (exact) mass is 385 g/mol. The Morgan fingerprint density at radius 2 is 1.68 bits per heavy atom. The van der Waals surface area contributed by atoms with Crippen LogP contribution in [0.4, 0.5) is 5.69 Å². The zero-order chi connectivity index (χ0) is 19.3. The van der Waals surface area contributed by atoms with E-state index in [-0.39, 0.29) is 0 Å². The first-order valence-corrected chi connectivity index (χ1v) is 9.57. The maximum atomic E-state index is 6.17. The topological polar surface area (TPSA) is 21.6 Å². The lowest BCUT2D eigenvalue weighted by Gasteiger charge is -2.09. The van der Waals surface area contributed by atoms with Crippen molar-refractivity contribution in [1.29, 1.82) is 0 Å². The second kappa shape index (κ2) is 8.28. The van der Waals surface area contributed by atoms with Gasteiger partial charge in [-0.1, -0.05) is 72.3 Å². The van der Waals surface area contributed by atoms with Crippen LogP contribution in [0, 0.1) is 6.92 Å². The van der Waals surface area contributed by atoms with Gasteiger partial charge in [0.15, 0.2) is 0 Å². The summed E-state index contributed by atoms with van der Waals surface area (Å²) in [5.41, 5.74) is 4.00. The Morgan fingerprint density at radius 3 is 2.61 bits per heavy atom. The molecule has 0 aliphatic rings. The average Bonchev–Trinajstić information content (AvgIpc) is 2.73. The van der Waals surface area contributed by atoms with Gasteiger partial charge in [-0.3, -0.25) is 4.99 Å². The fourth-order valence-electron chi connectivity index (χ4n) is 3.14. The molecule has 4 aromatic carbocycles. The molecule has 0 saturated heterocycles. The van der Waals surface area contributed by atoms with Gasteiger partial charge in [0.05, 0.1) is 5.69 Å². The van der Waals surface area contributed by atoms with Crippen LogP contribution in [0.3, 0.4) is 0 Å². The number of ether oxygens (including phenoxy) is 1. The van der Waals surface area contributed by atoms with Crippen LogP contribution in [-0.4, -0.2) is 6.21 Å². The quantitative estimate of drug-likeness (QED) is 0.335. The predicted octanol–water partition coefficient (Wildman–Crippen LogP) is 7.13. The Balaban J connectivity index is 1.51. The molecule has 0 heterocycles. The van der Waals surface area contributed by atoms with Crippen LogP contribution in [0.5, 0.6) is 5.75 Å². The number of hydrogen-bond acceptors (Lipinski definition) is 2. The summed E-state index contributed by atoms with van der Waals surface area (Å²) >= 11 is 6.17. The summed E-state index contributed by atoms with van der Waals surface area (Å²) in [5, 5.41) is 3.17. The van der Waals surface area contributed by atoms with E-state index in [1.165, 1.54) is 16.3 Å². The molecule has 0 unspecified atom stereocenters. The lowest BCUT2D eigenvalue weighted by atomic mass is 10.1. The Morgan fingerprint density at radius 1 is 0.893 bits per heavy atom. The minimum absolute atomic E-state index is 0.523. The molecule has 4 rings (SSSR count). The van der Waals surface area contributed by atoms with E-state index in [0.29, 0.717) is 6.61 Å². The van der Waals surface area contributed by atoms with Crippen molar-refractivity contribution in [3.63, 3.8) is 0 Å². The van der Waals surface area contributed by atoms with E-state index in [1.54, 1.807) is 0 Å². The summed E-state index contributed by atoms with van der Waals surface area (Å²) in [4.78, 5) is 4.57. The highest BCUT2D eigenvalue weighted by molar-refractivity contribution is 6.31. The molecule has 0 bridgehead atoms. The summed E-state index contributed by atoms with van der Waals surface area (Å²) < 4.78 is 6.05. The molecular formula is C25H20ClNO. The van der Waals surface area contributed by atoms with Gasteiger partial charge in [-0.15, -0.1) is 0 Å². The van der Waals surface area contributed by atoms with Crippen molar-refractivity contribution in [3.05, 3.63) is 107 Å². The first-order chi connectivity index (χ1) is 13.7. The fraction of sp³-hybridized carbons (Fsp3) is 0.0800. The molecule has 2 nitrogen and oxygen atoms in total. The number of halogens is 1. The van der Waals surface area contributed by atoms with Gasteiger partial charge in [0, 0.05) is 11.2 Å². The maximum Gasteiger partial charge on any atom is 0.120 e. The molecule has 28 heavy (non-hydrogen) atoms. The number of fused-ring (bicyclic) bond motifs is 1. The van der Waals surface area contributed by atoms with Crippen molar-refractivity contribution >= 4 is 34.3 Å². The van der Waals surface area contributed by atoms with Crippen molar-refractivity contribution < 1.29 is 4.74 Å². The third kappa shape index (κ3) is 4.08. The van der Waals surface area contributed by atoms with E-state index in [4.69, 9.17) is 16.3 Å². The SMILES string of the molecule is Cc1c(Cl)cccc1N=Cc1cccc(OCc2cccc3ccccc23)c1. The van der Waals surface area contributed by atoms with Crippen LogP contribution in [0.1, 0.15) is 16.7 Å². The van der Waals surface area contributed by atoms with Gasteiger partial charge >= 0.3 is 0 Å². The van der Waals surface area contributed by atoms with Crippen molar-refractivity contribution in [2.75, 3.05) is 0 Å². The van der Waals surface area contributed by atoms with Gasteiger partial charge in [0.25, 0.3) is 0 Å². The molecule has 3 heteroatoms. The lowest BCUT2D eigenvalue weighted by Crippen LogP contribution is -1.97. The second-order valence-electron chi connectivity index (χ2n) is 6.64. The van der Waals surface area contributed by atoms with E-state index in [0.717, 1.165) is 27.6 Å². The summed E-state index contributed by atoms with van der Waals surface area (Å²) in [7, 11) is 0. The summed E-state index contributed by atoms with van der Waals surface area (Å²) in [6.07, 6.45) is 1.84. The highest BCUT2D eigenvalue weighted by atomic mass is 35.5. The first-order valence-electron chi connectivity index (χ1n) is 9.19. The molecule has 0 radical (unpaired) electrons. The largest absolute Gasteiger partial charge is 0.489 e. The van der Waals surface area contributed by atoms with Crippen LogP contribution < -0.4 is 4.74 Å². The molecular weight excluding hydrogens is 366 g/mol. The Bertz CT molecular complexity index is 1140. The van der Waals surface area contributed by atoms with E-state index in [2.05, 4.69) is 47.5 Å². The van der Waals surface area contributed by atoms with E-state index in [9.17, 15) is 0 Å². The molecule has 0 atom stereocenters. The number of aliphatic imine (C=N–C) groups is 1. The minimum Gasteiger partial charge on any atom is -0.489 e. The van der Waals surface area contributed by atoms with Crippen molar-refractivity contribution in [1.82, 2.24) is 0 Å². The van der Waals surface area contributed by atoms with Crippen LogP contribution in [0.2, 0.25) is 5.02 Å². The maximum absolute atomic E-state index is 6.17. The van der Waals surface area contributed by atoms with Gasteiger partial charge < -0.3 is 4.74 Å². The van der Waals surface area contributed by atoms with Crippen LogP contribution in [0.15, 0.2) is 89.9 Å². The van der Waals surface area contributed by atoms with Crippen molar-refractivity contribution in [2.24, 2.45) is 4.99 Å². The number of hydrogen-bond donors (Lipinski definition) is 0. The molecule has 0 aromatic heterocycles. The van der Waals surface area contributed by atoms with Crippen LogP contribution >= 0.6 is 11.6 Å². The molecule has 0 aliphatic heterocycles. The molecule has 0 amide bonds. The van der Waals surface area contributed by atoms with Crippen LogP contribution in [-0.2, 0) is 6.61 Å². The van der Waals surface area contributed by atoms with E-state index in [1.807, 2.05) is 55.6 Å². The predicted molar refractivity (Wildman–Crippen MR) is 118 cm³/mol. The number of rotatable bonds is 5. The zero-order valence-corrected chi connectivity index (χ0v) is 16.4. The molecule has 0 spiro atoms. The highest BCUT2D eigenvalue weighted by Crippen LogP contribution is 2.26. The molecule has 4 aromatic rings. The molecule has 0 N–H and O–H groups in total. The third-order valence-corrected chi connectivity index (χ3v) is 5.13. The molecule has 138 valence electrons. The first kappa shape index (κ1) is 18.3. The zero-order valence-electron chi connectivity index (χ0n) is 15.6. The average molecular weight is 386 g/mol. The summed E-state index contributed by atoms with van der Waals surface area (Å²) in [5.74, 6) is 0.819. The number of nitrogens with zero attached hydrogens (tertiary/aromatic N) is 1. The third-order valence-electron chi connectivity index (χ3n) is 4.72. The Kier molecular flexibility index (Phi) is 5.41. The molecule has 0 saturated carbocycles. The lowest BCUT2D eigenvalue weighted by molar-refractivity contribution is 0.307. The van der Waals surface area contributed by atoms with E-state index < -0.39 is 0 Å². The molecule has 0 aliphatic carbocycles.